The van der Waals surface area contributed by atoms with Crippen LogP contribution in [0.3, 0.4) is 0 Å². The first-order valence-electron chi connectivity index (χ1n) is 9.61. The second-order valence-corrected chi connectivity index (χ2v) is 8.51. The van der Waals surface area contributed by atoms with Gasteiger partial charge in [-0.1, -0.05) is 39.0 Å². The van der Waals surface area contributed by atoms with E-state index in [0.717, 1.165) is 24.7 Å². The van der Waals surface area contributed by atoms with E-state index in [1.807, 2.05) is 20.8 Å². The first kappa shape index (κ1) is 21.2. The highest BCUT2D eigenvalue weighted by Crippen LogP contribution is 2.48. The monoisotopic (exact) mass is 408 g/mol. The molecule has 0 bridgehead atoms. The Morgan fingerprint density at radius 1 is 1.21 bits per heavy atom. The number of hydrogen-bond acceptors (Lipinski definition) is 3. The lowest BCUT2D eigenvalue weighted by Gasteiger charge is -2.20. The molecule has 0 unspecified atom stereocenters. The predicted octanol–water partition coefficient (Wildman–Crippen LogP) is 4.39. The molecule has 1 aliphatic carbocycles. The predicted molar refractivity (Wildman–Crippen MR) is 106 cm³/mol. The van der Waals surface area contributed by atoms with Crippen LogP contribution in [0.1, 0.15) is 56.4 Å². The van der Waals surface area contributed by atoms with Gasteiger partial charge in [0.15, 0.2) is 5.96 Å². The maximum absolute atomic E-state index is 13.0. The average Bonchev–Trinajstić information content (AvgIpc) is 3.28. The lowest BCUT2D eigenvalue weighted by atomic mass is 9.94. The lowest BCUT2D eigenvalue weighted by molar-refractivity contribution is -0.137. The number of guanidine groups is 1. The van der Waals surface area contributed by atoms with Gasteiger partial charge in [0, 0.05) is 24.4 Å². The summed E-state index contributed by atoms with van der Waals surface area (Å²) in [5.41, 5.74) is -0.310. The number of hydrogen-bond donors (Lipinski definition) is 2. The molecule has 1 aromatic heterocycles. The number of aliphatic imine (C=N–C) groups is 1. The standard InChI is InChI=1S/C21H27F3N4O/c1-19(2,3)16-11-26-17(29-16)12-27-18(25-4)28-13-20(8-9-20)14-6-5-7-15(10-14)21(22,23)24/h5-7,10-11H,8-9,12-13H2,1-4H3,(H2,25,27,28). The molecule has 2 N–H and O–H groups in total. The molecule has 2 aromatic rings. The summed E-state index contributed by atoms with van der Waals surface area (Å²) in [4.78, 5) is 8.46. The highest BCUT2D eigenvalue weighted by atomic mass is 19.4. The summed E-state index contributed by atoms with van der Waals surface area (Å²) in [7, 11) is 1.65. The Morgan fingerprint density at radius 2 is 1.93 bits per heavy atom. The Kier molecular flexibility index (Phi) is 5.65. The minimum Gasteiger partial charge on any atom is -0.443 e. The third kappa shape index (κ3) is 5.10. The summed E-state index contributed by atoms with van der Waals surface area (Å²) in [6.45, 7) is 7.02. The van der Waals surface area contributed by atoms with Gasteiger partial charge in [0.05, 0.1) is 18.3 Å². The van der Waals surface area contributed by atoms with E-state index in [1.165, 1.54) is 12.1 Å². The van der Waals surface area contributed by atoms with E-state index in [2.05, 4.69) is 20.6 Å². The van der Waals surface area contributed by atoms with Gasteiger partial charge in [-0.2, -0.15) is 13.2 Å². The minimum absolute atomic E-state index is 0.117. The third-order valence-corrected chi connectivity index (χ3v) is 5.17. The number of nitrogens with zero attached hydrogens (tertiary/aromatic N) is 2. The van der Waals surface area contributed by atoms with E-state index in [1.54, 1.807) is 19.3 Å². The van der Waals surface area contributed by atoms with Crippen molar-refractivity contribution >= 4 is 5.96 Å². The number of benzene rings is 1. The number of oxazole rings is 1. The van der Waals surface area contributed by atoms with Crippen molar-refractivity contribution in [1.29, 1.82) is 0 Å². The first-order chi connectivity index (χ1) is 13.5. The lowest BCUT2D eigenvalue weighted by Crippen LogP contribution is -2.41. The van der Waals surface area contributed by atoms with Crippen molar-refractivity contribution in [2.24, 2.45) is 4.99 Å². The molecule has 8 heteroatoms. The maximum atomic E-state index is 13.0. The zero-order chi connectivity index (χ0) is 21.3. The molecule has 0 spiro atoms. The highest BCUT2D eigenvalue weighted by molar-refractivity contribution is 5.79. The summed E-state index contributed by atoms with van der Waals surface area (Å²) in [5.74, 6) is 1.91. The van der Waals surface area contributed by atoms with Crippen molar-refractivity contribution in [3.63, 3.8) is 0 Å². The first-order valence-corrected chi connectivity index (χ1v) is 9.61. The van der Waals surface area contributed by atoms with E-state index in [-0.39, 0.29) is 10.8 Å². The van der Waals surface area contributed by atoms with Crippen LogP contribution in [-0.4, -0.2) is 24.5 Å². The highest BCUT2D eigenvalue weighted by Gasteiger charge is 2.45. The van der Waals surface area contributed by atoms with Gasteiger partial charge in [-0.15, -0.1) is 0 Å². The summed E-state index contributed by atoms with van der Waals surface area (Å²) < 4.78 is 44.8. The van der Waals surface area contributed by atoms with Gasteiger partial charge in [0.25, 0.3) is 0 Å². The molecule has 5 nitrogen and oxygen atoms in total. The molecule has 0 aliphatic heterocycles. The number of nitrogens with one attached hydrogen (secondary N) is 2. The molecule has 0 radical (unpaired) electrons. The van der Waals surface area contributed by atoms with Crippen molar-refractivity contribution in [1.82, 2.24) is 15.6 Å². The Bertz CT molecular complexity index is 877. The largest absolute Gasteiger partial charge is 0.443 e. The fourth-order valence-electron chi connectivity index (χ4n) is 3.12. The van der Waals surface area contributed by atoms with Gasteiger partial charge in [0.2, 0.25) is 5.89 Å². The quantitative estimate of drug-likeness (QED) is 0.569. The van der Waals surface area contributed by atoms with E-state index in [4.69, 9.17) is 4.42 Å². The molecule has 0 amide bonds. The van der Waals surface area contributed by atoms with E-state index in [0.29, 0.717) is 30.5 Å². The van der Waals surface area contributed by atoms with Gasteiger partial charge in [0.1, 0.15) is 5.76 Å². The molecule has 3 rings (SSSR count). The molecule has 1 heterocycles. The molecule has 29 heavy (non-hydrogen) atoms. The Labute approximate surface area is 168 Å². The van der Waals surface area contributed by atoms with Crippen LogP contribution in [0.4, 0.5) is 13.2 Å². The van der Waals surface area contributed by atoms with Crippen LogP contribution in [0.5, 0.6) is 0 Å². The summed E-state index contributed by atoms with van der Waals surface area (Å²) in [5, 5.41) is 6.36. The number of halogens is 3. The second-order valence-electron chi connectivity index (χ2n) is 8.51. The molecule has 1 aromatic carbocycles. The molecule has 1 aliphatic rings. The van der Waals surface area contributed by atoms with E-state index >= 15 is 0 Å². The molecule has 158 valence electrons. The molecule has 1 fully saturated rings. The molecular formula is C21H27F3N4O. The molecule has 1 saturated carbocycles. The van der Waals surface area contributed by atoms with Crippen LogP contribution < -0.4 is 10.6 Å². The Hall–Kier alpha value is -2.51. The smallest absolute Gasteiger partial charge is 0.416 e. The average molecular weight is 408 g/mol. The number of aromatic nitrogens is 1. The van der Waals surface area contributed by atoms with Crippen LogP contribution in [0.15, 0.2) is 39.9 Å². The van der Waals surface area contributed by atoms with Crippen molar-refractivity contribution in [3.8, 4) is 0 Å². The second kappa shape index (κ2) is 7.72. The summed E-state index contributed by atoms with van der Waals surface area (Å²) >= 11 is 0. The van der Waals surface area contributed by atoms with Crippen molar-refractivity contribution in [2.75, 3.05) is 13.6 Å². The summed E-state index contributed by atoms with van der Waals surface area (Å²) in [6, 6.07) is 5.60. The van der Waals surface area contributed by atoms with Gasteiger partial charge in [-0.25, -0.2) is 4.98 Å². The topological polar surface area (TPSA) is 62.5 Å². The van der Waals surface area contributed by atoms with Crippen molar-refractivity contribution < 1.29 is 17.6 Å². The van der Waals surface area contributed by atoms with Crippen LogP contribution in [-0.2, 0) is 23.6 Å². The maximum Gasteiger partial charge on any atom is 0.416 e. The minimum atomic E-state index is -4.33. The van der Waals surface area contributed by atoms with Crippen LogP contribution >= 0.6 is 0 Å². The van der Waals surface area contributed by atoms with Gasteiger partial charge >= 0.3 is 6.18 Å². The third-order valence-electron chi connectivity index (χ3n) is 5.17. The number of rotatable bonds is 5. The van der Waals surface area contributed by atoms with Gasteiger partial charge in [-0.3, -0.25) is 4.99 Å². The summed E-state index contributed by atoms with van der Waals surface area (Å²) in [6.07, 6.45) is -0.931. The van der Waals surface area contributed by atoms with Crippen molar-refractivity contribution in [2.45, 2.75) is 57.2 Å². The SMILES string of the molecule is CN=C(NCc1ncc(C(C)(C)C)o1)NCC1(c2cccc(C(F)(F)F)c2)CC1. The molecule has 0 atom stereocenters. The molecule has 0 saturated heterocycles. The van der Waals surface area contributed by atoms with Gasteiger partial charge < -0.3 is 15.1 Å². The van der Waals surface area contributed by atoms with Crippen LogP contribution in [0.2, 0.25) is 0 Å². The number of alkyl halides is 3. The van der Waals surface area contributed by atoms with Crippen LogP contribution in [0.25, 0.3) is 0 Å². The van der Waals surface area contributed by atoms with Crippen LogP contribution in [0, 0.1) is 0 Å². The van der Waals surface area contributed by atoms with E-state index < -0.39 is 11.7 Å². The Morgan fingerprint density at radius 3 is 2.48 bits per heavy atom. The normalized spacial score (nSPS) is 16.6. The van der Waals surface area contributed by atoms with Crippen molar-refractivity contribution in [3.05, 3.63) is 53.2 Å². The van der Waals surface area contributed by atoms with Gasteiger partial charge in [-0.05, 0) is 24.5 Å². The fraction of sp³-hybridized carbons (Fsp3) is 0.524. The fourth-order valence-corrected chi connectivity index (χ4v) is 3.12. The zero-order valence-corrected chi connectivity index (χ0v) is 17.2. The molecular weight excluding hydrogens is 381 g/mol. The van der Waals surface area contributed by atoms with E-state index in [9.17, 15) is 13.2 Å². The Balaban J connectivity index is 1.59. The zero-order valence-electron chi connectivity index (χ0n) is 17.2.